The SMILES string of the molecule is Cc1cccnc1CN(CCCNC(=O)OC(C)(C)C)Cc1ncccc1C. The molecule has 6 nitrogen and oxygen atoms in total. The first-order valence-corrected chi connectivity index (χ1v) is 9.75. The van der Waals surface area contributed by atoms with Crippen molar-refractivity contribution in [3.63, 3.8) is 0 Å². The van der Waals surface area contributed by atoms with Gasteiger partial charge in [-0.05, 0) is 64.3 Å². The van der Waals surface area contributed by atoms with Crippen LogP contribution >= 0.6 is 0 Å². The number of aromatic nitrogens is 2. The van der Waals surface area contributed by atoms with Crippen molar-refractivity contribution >= 4 is 6.09 Å². The van der Waals surface area contributed by atoms with E-state index in [1.54, 1.807) is 0 Å². The highest BCUT2D eigenvalue weighted by Gasteiger charge is 2.16. The zero-order valence-corrected chi connectivity index (χ0v) is 17.7. The maximum absolute atomic E-state index is 11.8. The van der Waals surface area contributed by atoms with E-state index in [4.69, 9.17) is 4.74 Å². The predicted octanol–water partition coefficient (Wildman–Crippen LogP) is 4.01. The lowest BCUT2D eigenvalue weighted by Crippen LogP contribution is -2.34. The van der Waals surface area contributed by atoms with Gasteiger partial charge in [0, 0.05) is 38.6 Å². The molecule has 2 rings (SSSR count). The molecule has 2 aromatic heterocycles. The first kappa shape index (κ1) is 21.8. The van der Waals surface area contributed by atoms with E-state index in [2.05, 4.69) is 46.2 Å². The fraction of sp³-hybridized carbons (Fsp3) is 0.500. The van der Waals surface area contributed by atoms with E-state index in [9.17, 15) is 4.79 Å². The third-order valence-electron chi connectivity index (χ3n) is 4.30. The molecule has 6 heteroatoms. The van der Waals surface area contributed by atoms with Crippen LogP contribution in [0.1, 0.15) is 49.7 Å². The van der Waals surface area contributed by atoms with Crippen molar-refractivity contribution in [2.45, 2.75) is 59.7 Å². The second kappa shape index (κ2) is 10.2. The Labute approximate surface area is 168 Å². The topological polar surface area (TPSA) is 67.4 Å². The summed E-state index contributed by atoms with van der Waals surface area (Å²) in [5.74, 6) is 0. The Morgan fingerprint density at radius 1 is 1.04 bits per heavy atom. The largest absolute Gasteiger partial charge is 0.444 e. The van der Waals surface area contributed by atoms with Gasteiger partial charge in [-0.15, -0.1) is 0 Å². The van der Waals surface area contributed by atoms with E-state index in [1.807, 2.05) is 45.3 Å². The molecule has 0 atom stereocenters. The summed E-state index contributed by atoms with van der Waals surface area (Å²) >= 11 is 0. The van der Waals surface area contributed by atoms with Crippen molar-refractivity contribution in [3.05, 3.63) is 59.2 Å². The minimum Gasteiger partial charge on any atom is -0.444 e. The van der Waals surface area contributed by atoms with Gasteiger partial charge in [-0.2, -0.15) is 0 Å². The molecule has 0 saturated carbocycles. The molecule has 2 heterocycles. The summed E-state index contributed by atoms with van der Waals surface area (Å²) in [6.45, 7) is 12.6. The molecule has 1 amide bonds. The smallest absolute Gasteiger partial charge is 0.407 e. The molecule has 0 aromatic carbocycles. The maximum Gasteiger partial charge on any atom is 0.407 e. The van der Waals surface area contributed by atoms with E-state index in [1.165, 1.54) is 11.1 Å². The van der Waals surface area contributed by atoms with Crippen LogP contribution in [0.25, 0.3) is 0 Å². The fourth-order valence-electron chi connectivity index (χ4n) is 2.81. The van der Waals surface area contributed by atoms with Gasteiger partial charge in [0.1, 0.15) is 5.60 Å². The molecule has 0 spiro atoms. The zero-order chi connectivity index (χ0) is 20.6. The van der Waals surface area contributed by atoms with E-state index in [-0.39, 0.29) is 6.09 Å². The first-order chi connectivity index (χ1) is 13.2. The Morgan fingerprint density at radius 2 is 1.57 bits per heavy atom. The standard InChI is InChI=1S/C22H32N4O2/c1-17-9-6-11-23-19(17)15-26(16-20-18(2)10-7-12-24-20)14-8-13-25-21(27)28-22(3,4)5/h6-7,9-12H,8,13-16H2,1-5H3,(H,25,27). The van der Waals surface area contributed by atoms with E-state index >= 15 is 0 Å². The third kappa shape index (κ3) is 7.64. The number of aryl methyl sites for hydroxylation is 2. The van der Waals surface area contributed by atoms with Gasteiger partial charge in [0.2, 0.25) is 0 Å². The second-order valence-corrected chi connectivity index (χ2v) is 8.03. The van der Waals surface area contributed by atoms with Crippen LogP contribution in [0, 0.1) is 13.8 Å². The van der Waals surface area contributed by atoms with Crippen molar-refractivity contribution < 1.29 is 9.53 Å². The summed E-state index contributed by atoms with van der Waals surface area (Å²) in [5.41, 5.74) is 4.00. The third-order valence-corrected chi connectivity index (χ3v) is 4.30. The van der Waals surface area contributed by atoms with E-state index < -0.39 is 5.60 Å². The molecule has 0 saturated heterocycles. The molecule has 1 N–H and O–H groups in total. The Hall–Kier alpha value is -2.47. The summed E-state index contributed by atoms with van der Waals surface area (Å²) in [4.78, 5) is 23.2. The number of pyridine rings is 2. The molecule has 0 aliphatic carbocycles. The average molecular weight is 385 g/mol. The molecule has 0 unspecified atom stereocenters. The van der Waals surface area contributed by atoms with Crippen LogP contribution in [-0.4, -0.2) is 39.7 Å². The number of ether oxygens (including phenoxy) is 1. The molecule has 152 valence electrons. The van der Waals surface area contributed by atoms with Crippen LogP contribution in [0.15, 0.2) is 36.7 Å². The molecule has 0 aliphatic rings. The molecule has 0 fully saturated rings. The molecule has 2 aromatic rings. The number of rotatable bonds is 8. The number of nitrogens with one attached hydrogen (secondary N) is 1. The lowest BCUT2D eigenvalue weighted by atomic mass is 10.1. The highest BCUT2D eigenvalue weighted by Crippen LogP contribution is 2.13. The number of hydrogen-bond acceptors (Lipinski definition) is 5. The molecule has 0 aliphatic heterocycles. The van der Waals surface area contributed by atoms with Crippen LogP contribution in [0.3, 0.4) is 0 Å². The van der Waals surface area contributed by atoms with Crippen LogP contribution in [0.4, 0.5) is 4.79 Å². The quantitative estimate of drug-likeness (QED) is 0.697. The van der Waals surface area contributed by atoms with E-state index in [0.717, 1.165) is 37.4 Å². The van der Waals surface area contributed by atoms with E-state index in [0.29, 0.717) is 6.54 Å². The van der Waals surface area contributed by atoms with Crippen molar-refractivity contribution in [2.75, 3.05) is 13.1 Å². The van der Waals surface area contributed by atoms with Gasteiger partial charge in [0.25, 0.3) is 0 Å². The number of amides is 1. The highest BCUT2D eigenvalue weighted by atomic mass is 16.6. The number of carbonyl (C=O) groups is 1. The monoisotopic (exact) mass is 384 g/mol. The van der Waals surface area contributed by atoms with Gasteiger partial charge in [-0.3, -0.25) is 14.9 Å². The van der Waals surface area contributed by atoms with Gasteiger partial charge in [-0.1, -0.05) is 12.1 Å². The number of alkyl carbamates (subject to hydrolysis) is 1. The Balaban J connectivity index is 1.95. The van der Waals surface area contributed by atoms with Gasteiger partial charge >= 0.3 is 6.09 Å². The highest BCUT2D eigenvalue weighted by molar-refractivity contribution is 5.67. The lowest BCUT2D eigenvalue weighted by Gasteiger charge is -2.23. The minimum absolute atomic E-state index is 0.375. The Kier molecular flexibility index (Phi) is 7.93. The second-order valence-electron chi connectivity index (χ2n) is 8.03. The van der Waals surface area contributed by atoms with Crippen molar-refractivity contribution in [1.82, 2.24) is 20.2 Å². The number of hydrogen-bond donors (Lipinski definition) is 1. The lowest BCUT2D eigenvalue weighted by molar-refractivity contribution is 0.0525. The maximum atomic E-state index is 11.8. The summed E-state index contributed by atoms with van der Waals surface area (Å²) in [7, 11) is 0. The average Bonchev–Trinajstić information content (AvgIpc) is 2.61. The number of nitrogens with zero attached hydrogens (tertiary/aromatic N) is 3. The van der Waals surface area contributed by atoms with Gasteiger partial charge in [0.05, 0.1) is 11.4 Å². The molecular formula is C22H32N4O2. The molecule has 0 radical (unpaired) electrons. The van der Waals surface area contributed by atoms with Crippen molar-refractivity contribution in [2.24, 2.45) is 0 Å². The Bertz CT molecular complexity index is 724. The molecule has 0 bridgehead atoms. The summed E-state index contributed by atoms with van der Waals surface area (Å²) in [6.07, 6.45) is 4.10. The van der Waals surface area contributed by atoms with Gasteiger partial charge in [0.15, 0.2) is 0 Å². The fourth-order valence-corrected chi connectivity index (χ4v) is 2.81. The van der Waals surface area contributed by atoms with Crippen LogP contribution in [0.5, 0.6) is 0 Å². The van der Waals surface area contributed by atoms with Crippen LogP contribution < -0.4 is 5.32 Å². The predicted molar refractivity (Wildman–Crippen MR) is 111 cm³/mol. The minimum atomic E-state index is -0.483. The summed E-state index contributed by atoms with van der Waals surface area (Å²) in [6, 6.07) is 8.07. The van der Waals surface area contributed by atoms with Crippen LogP contribution in [-0.2, 0) is 17.8 Å². The Morgan fingerprint density at radius 3 is 2.04 bits per heavy atom. The van der Waals surface area contributed by atoms with Gasteiger partial charge in [-0.25, -0.2) is 4.79 Å². The molecule has 28 heavy (non-hydrogen) atoms. The normalized spacial score (nSPS) is 11.5. The van der Waals surface area contributed by atoms with Crippen molar-refractivity contribution in [3.8, 4) is 0 Å². The van der Waals surface area contributed by atoms with Crippen LogP contribution in [0.2, 0.25) is 0 Å². The summed E-state index contributed by atoms with van der Waals surface area (Å²) in [5, 5.41) is 2.83. The first-order valence-electron chi connectivity index (χ1n) is 9.75. The molecular weight excluding hydrogens is 352 g/mol. The van der Waals surface area contributed by atoms with Crippen molar-refractivity contribution in [1.29, 1.82) is 0 Å². The number of carbonyl (C=O) groups excluding carboxylic acids is 1. The zero-order valence-electron chi connectivity index (χ0n) is 17.7. The van der Waals surface area contributed by atoms with Gasteiger partial charge < -0.3 is 10.1 Å². The summed E-state index contributed by atoms with van der Waals surface area (Å²) < 4.78 is 5.28.